The van der Waals surface area contributed by atoms with Crippen LogP contribution in [-0.4, -0.2) is 28.5 Å². The molecule has 0 bridgehead atoms. The monoisotopic (exact) mass is 338 g/mol. The fourth-order valence-corrected chi connectivity index (χ4v) is 2.10. The summed E-state index contributed by atoms with van der Waals surface area (Å²) in [5.41, 5.74) is -0.0359. The van der Waals surface area contributed by atoms with Crippen molar-refractivity contribution in [3.63, 3.8) is 0 Å². The first kappa shape index (κ1) is 17.0. The van der Waals surface area contributed by atoms with Gasteiger partial charge in [0.15, 0.2) is 0 Å². The zero-order valence-corrected chi connectivity index (χ0v) is 12.9. The lowest BCUT2D eigenvalue weighted by Crippen LogP contribution is -2.31. The molecule has 0 aliphatic rings. The number of carboxylic acids is 1. The molecule has 0 aliphatic carbocycles. The maximum atomic E-state index is 11.9. The Bertz CT molecular complexity index is 523. The average molecular weight is 340 g/mol. The van der Waals surface area contributed by atoms with E-state index in [1.54, 1.807) is 0 Å². The highest BCUT2D eigenvalue weighted by atomic mass is 35.5. The predicted molar refractivity (Wildman–Crippen MR) is 77.6 cm³/mol. The minimum Gasteiger partial charge on any atom is -0.481 e. The van der Waals surface area contributed by atoms with Gasteiger partial charge in [-0.3, -0.25) is 9.59 Å². The van der Waals surface area contributed by atoms with Crippen LogP contribution in [-0.2, 0) is 4.79 Å². The van der Waals surface area contributed by atoms with Crippen LogP contribution in [0, 0.1) is 5.92 Å². The molecule has 20 heavy (non-hydrogen) atoms. The van der Waals surface area contributed by atoms with Gasteiger partial charge in [-0.15, -0.1) is 0 Å². The van der Waals surface area contributed by atoms with Crippen LogP contribution in [0.25, 0.3) is 0 Å². The van der Waals surface area contributed by atoms with E-state index in [-0.39, 0.29) is 39.6 Å². The Balaban J connectivity index is 2.72. The van der Waals surface area contributed by atoms with E-state index in [4.69, 9.17) is 39.9 Å². The van der Waals surface area contributed by atoms with Crippen LogP contribution in [0.5, 0.6) is 0 Å². The molecule has 0 spiro atoms. The molecule has 0 fully saturated rings. The van der Waals surface area contributed by atoms with E-state index < -0.39 is 11.9 Å². The smallest absolute Gasteiger partial charge is 0.303 e. The standard InChI is InChI=1S/C12H13Cl3N2O3/c1-2-6(3-8(18)19)4-17-12(20)11-10(15)9(14)7(13)5-16-11/h5-6H,2-4H2,1H3,(H,17,20)(H,18,19). The van der Waals surface area contributed by atoms with Crippen LogP contribution in [0.15, 0.2) is 6.20 Å². The van der Waals surface area contributed by atoms with Crippen molar-refractivity contribution < 1.29 is 14.7 Å². The van der Waals surface area contributed by atoms with Crippen LogP contribution in [0.4, 0.5) is 0 Å². The van der Waals surface area contributed by atoms with Gasteiger partial charge in [-0.25, -0.2) is 4.98 Å². The van der Waals surface area contributed by atoms with Crippen molar-refractivity contribution in [1.29, 1.82) is 0 Å². The van der Waals surface area contributed by atoms with Crippen molar-refractivity contribution in [2.75, 3.05) is 6.54 Å². The number of nitrogens with one attached hydrogen (secondary N) is 1. The third kappa shape index (κ3) is 4.51. The number of hydrogen-bond acceptors (Lipinski definition) is 3. The second-order valence-electron chi connectivity index (χ2n) is 4.16. The van der Waals surface area contributed by atoms with Gasteiger partial charge in [0.25, 0.3) is 5.91 Å². The Kier molecular flexibility index (Phi) is 6.52. The summed E-state index contributed by atoms with van der Waals surface area (Å²) in [6.45, 7) is 2.07. The first-order chi connectivity index (χ1) is 9.36. The van der Waals surface area contributed by atoms with Gasteiger partial charge in [-0.05, 0) is 5.92 Å². The van der Waals surface area contributed by atoms with Crippen molar-refractivity contribution >= 4 is 46.7 Å². The summed E-state index contributed by atoms with van der Waals surface area (Å²) in [6.07, 6.45) is 1.85. The highest BCUT2D eigenvalue weighted by molar-refractivity contribution is 6.48. The number of rotatable bonds is 6. The molecule has 8 heteroatoms. The number of halogens is 3. The average Bonchev–Trinajstić information content (AvgIpc) is 2.40. The van der Waals surface area contributed by atoms with Gasteiger partial charge in [0.05, 0.1) is 15.1 Å². The van der Waals surface area contributed by atoms with Gasteiger partial charge in [-0.1, -0.05) is 48.1 Å². The predicted octanol–water partition coefficient (Wildman–Crippen LogP) is 3.27. The van der Waals surface area contributed by atoms with Crippen LogP contribution < -0.4 is 5.32 Å². The Hall–Kier alpha value is -1.04. The zero-order valence-electron chi connectivity index (χ0n) is 10.6. The van der Waals surface area contributed by atoms with Crippen molar-refractivity contribution in [2.45, 2.75) is 19.8 Å². The van der Waals surface area contributed by atoms with E-state index in [0.717, 1.165) is 0 Å². The molecule has 1 rings (SSSR count). The molecule has 0 saturated heterocycles. The Morgan fingerprint density at radius 3 is 2.55 bits per heavy atom. The number of nitrogens with zero attached hydrogens (tertiary/aromatic N) is 1. The molecule has 0 aromatic carbocycles. The summed E-state index contributed by atoms with van der Waals surface area (Å²) < 4.78 is 0. The summed E-state index contributed by atoms with van der Waals surface area (Å²) in [6, 6.07) is 0. The highest BCUT2D eigenvalue weighted by Crippen LogP contribution is 2.30. The molecule has 0 aliphatic heterocycles. The Labute approximate surface area is 131 Å². The highest BCUT2D eigenvalue weighted by Gasteiger charge is 2.18. The maximum absolute atomic E-state index is 11.9. The molecule has 1 heterocycles. The van der Waals surface area contributed by atoms with Gasteiger partial charge in [-0.2, -0.15) is 0 Å². The van der Waals surface area contributed by atoms with Crippen LogP contribution >= 0.6 is 34.8 Å². The van der Waals surface area contributed by atoms with Crippen molar-refractivity contribution in [3.8, 4) is 0 Å². The molecule has 2 N–H and O–H groups in total. The van der Waals surface area contributed by atoms with E-state index in [1.165, 1.54) is 6.20 Å². The number of amides is 1. The Morgan fingerprint density at radius 1 is 1.35 bits per heavy atom. The second-order valence-corrected chi connectivity index (χ2v) is 5.33. The summed E-state index contributed by atoms with van der Waals surface area (Å²) in [7, 11) is 0. The number of hydrogen-bond donors (Lipinski definition) is 2. The lowest BCUT2D eigenvalue weighted by Gasteiger charge is -2.13. The lowest BCUT2D eigenvalue weighted by atomic mass is 10.0. The normalized spacial score (nSPS) is 12.0. The van der Waals surface area contributed by atoms with E-state index >= 15 is 0 Å². The fraction of sp³-hybridized carbons (Fsp3) is 0.417. The van der Waals surface area contributed by atoms with Gasteiger partial charge in [0, 0.05) is 19.2 Å². The van der Waals surface area contributed by atoms with Crippen LogP contribution in [0.1, 0.15) is 30.3 Å². The first-order valence-electron chi connectivity index (χ1n) is 5.86. The molecule has 1 amide bonds. The molecular formula is C12H13Cl3N2O3. The Morgan fingerprint density at radius 2 is 2.00 bits per heavy atom. The molecule has 5 nitrogen and oxygen atoms in total. The van der Waals surface area contributed by atoms with E-state index in [9.17, 15) is 9.59 Å². The van der Waals surface area contributed by atoms with Gasteiger partial charge in [0.1, 0.15) is 5.69 Å². The number of pyridine rings is 1. The summed E-state index contributed by atoms with van der Waals surface area (Å²) in [5.74, 6) is -1.58. The minimum atomic E-state index is -0.906. The number of carboxylic acid groups (broad SMARTS) is 1. The summed E-state index contributed by atoms with van der Waals surface area (Å²) in [4.78, 5) is 26.4. The van der Waals surface area contributed by atoms with Crippen LogP contribution in [0.3, 0.4) is 0 Å². The van der Waals surface area contributed by atoms with E-state index in [0.29, 0.717) is 6.42 Å². The molecular weight excluding hydrogens is 327 g/mol. The molecule has 0 radical (unpaired) electrons. The quantitative estimate of drug-likeness (QED) is 0.833. The first-order valence-corrected chi connectivity index (χ1v) is 6.99. The summed E-state index contributed by atoms with van der Waals surface area (Å²) >= 11 is 17.4. The maximum Gasteiger partial charge on any atom is 0.303 e. The molecule has 1 unspecified atom stereocenters. The van der Waals surface area contributed by atoms with Crippen molar-refractivity contribution in [2.24, 2.45) is 5.92 Å². The fourth-order valence-electron chi connectivity index (χ4n) is 1.53. The molecule has 1 atom stereocenters. The second kappa shape index (κ2) is 7.67. The SMILES string of the molecule is CCC(CNC(=O)c1ncc(Cl)c(Cl)c1Cl)CC(=O)O. The lowest BCUT2D eigenvalue weighted by molar-refractivity contribution is -0.138. The van der Waals surface area contributed by atoms with E-state index in [1.807, 2.05) is 6.92 Å². The zero-order chi connectivity index (χ0) is 15.3. The van der Waals surface area contributed by atoms with Gasteiger partial charge >= 0.3 is 5.97 Å². The summed E-state index contributed by atoms with van der Waals surface area (Å²) in [5, 5.41) is 11.5. The number of aliphatic carboxylic acids is 1. The van der Waals surface area contributed by atoms with Crippen molar-refractivity contribution in [3.05, 3.63) is 27.0 Å². The number of aromatic nitrogens is 1. The van der Waals surface area contributed by atoms with Gasteiger partial charge < -0.3 is 10.4 Å². The number of carbonyl (C=O) groups excluding carboxylic acids is 1. The molecule has 110 valence electrons. The number of carbonyl (C=O) groups is 2. The third-order valence-electron chi connectivity index (χ3n) is 2.72. The molecule has 1 aromatic heterocycles. The van der Waals surface area contributed by atoms with Crippen molar-refractivity contribution in [1.82, 2.24) is 10.3 Å². The third-order valence-corrected chi connectivity index (χ3v) is 3.96. The van der Waals surface area contributed by atoms with Crippen LogP contribution in [0.2, 0.25) is 15.1 Å². The minimum absolute atomic E-state index is 0.0146. The largest absolute Gasteiger partial charge is 0.481 e. The van der Waals surface area contributed by atoms with E-state index in [2.05, 4.69) is 10.3 Å². The topological polar surface area (TPSA) is 79.3 Å². The van der Waals surface area contributed by atoms with Gasteiger partial charge in [0.2, 0.25) is 0 Å². The molecule has 0 saturated carbocycles. The molecule has 1 aromatic rings.